The topological polar surface area (TPSA) is 55.6 Å². The first-order chi connectivity index (χ1) is 6.86. The molecule has 0 amide bonds. The van der Waals surface area contributed by atoms with Gasteiger partial charge in [-0.05, 0) is 19.8 Å². The Balaban J connectivity index is 2.52. The van der Waals surface area contributed by atoms with Crippen LogP contribution in [0.4, 0.5) is 0 Å². The second-order valence-corrected chi connectivity index (χ2v) is 5.21. The summed E-state index contributed by atoms with van der Waals surface area (Å²) in [7, 11) is 1.43. The number of nitrogens with two attached hydrogens (primary N) is 1. The highest BCUT2D eigenvalue weighted by Gasteiger charge is 2.35. The van der Waals surface area contributed by atoms with Crippen molar-refractivity contribution in [2.75, 3.05) is 26.7 Å². The summed E-state index contributed by atoms with van der Waals surface area (Å²) in [5.74, 6) is 0.356. The maximum absolute atomic E-state index is 11.5. The summed E-state index contributed by atoms with van der Waals surface area (Å²) in [5.41, 5.74) is 5.49. The van der Waals surface area contributed by atoms with Crippen LogP contribution in [0, 0.1) is 11.3 Å². The lowest BCUT2D eigenvalue weighted by Crippen LogP contribution is -2.39. The third kappa shape index (κ3) is 2.92. The Morgan fingerprint density at radius 2 is 2.13 bits per heavy atom. The molecule has 4 heteroatoms. The first kappa shape index (κ1) is 12.5. The van der Waals surface area contributed by atoms with E-state index in [9.17, 15) is 4.79 Å². The minimum Gasteiger partial charge on any atom is -0.469 e. The molecule has 2 unspecified atom stereocenters. The second-order valence-electron chi connectivity index (χ2n) is 5.21. The highest BCUT2D eigenvalue weighted by Crippen LogP contribution is 2.23. The minimum absolute atomic E-state index is 0.157. The molecule has 2 N–H and O–H groups in total. The van der Waals surface area contributed by atoms with Gasteiger partial charge in [0.15, 0.2) is 0 Å². The van der Waals surface area contributed by atoms with Crippen molar-refractivity contribution in [1.82, 2.24) is 4.90 Å². The van der Waals surface area contributed by atoms with E-state index in [-0.39, 0.29) is 12.0 Å². The van der Waals surface area contributed by atoms with Gasteiger partial charge >= 0.3 is 5.97 Å². The SMILES string of the molecule is COC(=O)C(C)(C)CN1CC(C)C(N)C1. The number of ether oxygens (including phenoxy) is 1. The normalized spacial score (nSPS) is 28.1. The highest BCUT2D eigenvalue weighted by atomic mass is 16.5. The molecule has 0 radical (unpaired) electrons. The second kappa shape index (κ2) is 4.49. The Labute approximate surface area is 91.8 Å². The smallest absolute Gasteiger partial charge is 0.312 e. The molecule has 0 aromatic rings. The zero-order chi connectivity index (χ0) is 11.6. The number of carbonyl (C=O) groups excluding carboxylic acids is 1. The molecule has 0 aromatic carbocycles. The number of nitrogens with zero attached hydrogens (tertiary/aromatic N) is 1. The summed E-state index contributed by atoms with van der Waals surface area (Å²) in [4.78, 5) is 13.7. The third-order valence-corrected chi connectivity index (χ3v) is 3.10. The fraction of sp³-hybridized carbons (Fsp3) is 0.909. The zero-order valence-electron chi connectivity index (χ0n) is 10.1. The molecule has 2 atom stereocenters. The van der Waals surface area contributed by atoms with Crippen LogP contribution in [0.2, 0.25) is 0 Å². The van der Waals surface area contributed by atoms with Gasteiger partial charge in [-0.15, -0.1) is 0 Å². The van der Waals surface area contributed by atoms with Crippen molar-refractivity contribution < 1.29 is 9.53 Å². The van der Waals surface area contributed by atoms with Gasteiger partial charge in [-0.1, -0.05) is 6.92 Å². The number of likely N-dealkylation sites (tertiary alicyclic amines) is 1. The number of hydrogen-bond donors (Lipinski definition) is 1. The Hall–Kier alpha value is -0.610. The summed E-state index contributed by atoms with van der Waals surface area (Å²) >= 11 is 0. The molecule has 0 aliphatic carbocycles. The van der Waals surface area contributed by atoms with Crippen molar-refractivity contribution in [2.24, 2.45) is 17.1 Å². The number of esters is 1. The molecule has 0 aromatic heterocycles. The van der Waals surface area contributed by atoms with Gasteiger partial charge in [-0.2, -0.15) is 0 Å². The van der Waals surface area contributed by atoms with Crippen LogP contribution in [0.3, 0.4) is 0 Å². The Bertz CT molecular complexity index is 231. The molecule has 0 bridgehead atoms. The third-order valence-electron chi connectivity index (χ3n) is 3.10. The molecule has 1 rings (SSSR count). The summed E-state index contributed by atoms with van der Waals surface area (Å²) in [6.45, 7) is 8.54. The predicted molar refractivity (Wildman–Crippen MR) is 59.4 cm³/mol. The van der Waals surface area contributed by atoms with E-state index in [1.165, 1.54) is 7.11 Å². The molecule has 1 aliphatic heterocycles. The van der Waals surface area contributed by atoms with Gasteiger partial charge in [0.2, 0.25) is 0 Å². The van der Waals surface area contributed by atoms with E-state index >= 15 is 0 Å². The lowest BCUT2D eigenvalue weighted by Gasteiger charge is -2.27. The van der Waals surface area contributed by atoms with E-state index in [1.807, 2.05) is 13.8 Å². The summed E-state index contributed by atoms with van der Waals surface area (Å²) in [5, 5.41) is 0. The van der Waals surface area contributed by atoms with E-state index in [2.05, 4.69) is 11.8 Å². The van der Waals surface area contributed by atoms with Crippen LogP contribution < -0.4 is 5.73 Å². The first-order valence-electron chi connectivity index (χ1n) is 5.43. The molecule has 88 valence electrons. The molecule has 1 aliphatic rings. The van der Waals surface area contributed by atoms with Crippen LogP contribution in [0.1, 0.15) is 20.8 Å². The largest absolute Gasteiger partial charge is 0.469 e. The monoisotopic (exact) mass is 214 g/mol. The minimum atomic E-state index is -0.446. The maximum Gasteiger partial charge on any atom is 0.312 e. The molecule has 1 heterocycles. The van der Waals surface area contributed by atoms with E-state index < -0.39 is 5.41 Å². The van der Waals surface area contributed by atoms with Crippen molar-refractivity contribution in [3.8, 4) is 0 Å². The van der Waals surface area contributed by atoms with Crippen LogP contribution in [-0.4, -0.2) is 43.7 Å². The van der Waals surface area contributed by atoms with Gasteiger partial charge in [-0.3, -0.25) is 4.79 Å². The standard InChI is InChI=1S/C11H22N2O2/c1-8-5-13(6-9(8)12)7-11(2,3)10(14)15-4/h8-9H,5-7,12H2,1-4H3. The summed E-state index contributed by atoms with van der Waals surface area (Å²) < 4.78 is 4.78. The van der Waals surface area contributed by atoms with E-state index in [0.29, 0.717) is 5.92 Å². The maximum atomic E-state index is 11.5. The van der Waals surface area contributed by atoms with Crippen molar-refractivity contribution in [3.63, 3.8) is 0 Å². The van der Waals surface area contributed by atoms with Gasteiger partial charge in [0.25, 0.3) is 0 Å². The zero-order valence-corrected chi connectivity index (χ0v) is 10.1. The number of rotatable bonds is 3. The van der Waals surface area contributed by atoms with Crippen molar-refractivity contribution in [3.05, 3.63) is 0 Å². The van der Waals surface area contributed by atoms with Gasteiger partial charge in [0, 0.05) is 25.7 Å². The molecular weight excluding hydrogens is 192 g/mol. The van der Waals surface area contributed by atoms with Gasteiger partial charge in [-0.25, -0.2) is 0 Å². The van der Waals surface area contributed by atoms with Crippen molar-refractivity contribution in [1.29, 1.82) is 0 Å². The predicted octanol–water partition coefficient (Wildman–Crippen LogP) is 0.465. The Morgan fingerprint density at radius 3 is 2.53 bits per heavy atom. The molecule has 1 saturated heterocycles. The van der Waals surface area contributed by atoms with Gasteiger partial charge in [0.05, 0.1) is 12.5 Å². The Kier molecular flexibility index (Phi) is 3.73. The number of methoxy groups -OCH3 is 1. The Morgan fingerprint density at radius 1 is 1.53 bits per heavy atom. The quantitative estimate of drug-likeness (QED) is 0.694. The van der Waals surface area contributed by atoms with Gasteiger partial charge in [0.1, 0.15) is 0 Å². The summed E-state index contributed by atoms with van der Waals surface area (Å²) in [6, 6.07) is 0.235. The van der Waals surface area contributed by atoms with E-state index in [1.54, 1.807) is 0 Å². The molecule has 0 saturated carbocycles. The fourth-order valence-electron chi connectivity index (χ4n) is 2.12. The van der Waals surface area contributed by atoms with E-state index in [0.717, 1.165) is 19.6 Å². The van der Waals surface area contributed by atoms with E-state index in [4.69, 9.17) is 10.5 Å². The lowest BCUT2D eigenvalue weighted by molar-refractivity contribution is -0.151. The average molecular weight is 214 g/mol. The number of carbonyl (C=O) groups is 1. The molecule has 0 spiro atoms. The van der Waals surface area contributed by atoms with Crippen LogP contribution in [0.15, 0.2) is 0 Å². The number of hydrogen-bond acceptors (Lipinski definition) is 4. The van der Waals surface area contributed by atoms with Crippen LogP contribution >= 0.6 is 0 Å². The molecule has 1 fully saturated rings. The van der Waals surface area contributed by atoms with Crippen LogP contribution in [0.25, 0.3) is 0 Å². The first-order valence-corrected chi connectivity index (χ1v) is 5.43. The van der Waals surface area contributed by atoms with Crippen molar-refractivity contribution >= 4 is 5.97 Å². The van der Waals surface area contributed by atoms with Crippen molar-refractivity contribution in [2.45, 2.75) is 26.8 Å². The average Bonchev–Trinajstić information content (AvgIpc) is 2.43. The molecular formula is C11H22N2O2. The van der Waals surface area contributed by atoms with Gasteiger partial charge < -0.3 is 15.4 Å². The molecule has 4 nitrogen and oxygen atoms in total. The highest BCUT2D eigenvalue weighted by molar-refractivity contribution is 5.76. The van der Waals surface area contributed by atoms with Crippen LogP contribution in [0.5, 0.6) is 0 Å². The molecule has 15 heavy (non-hydrogen) atoms. The lowest BCUT2D eigenvalue weighted by atomic mass is 9.93. The van der Waals surface area contributed by atoms with Crippen LogP contribution in [-0.2, 0) is 9.53 Å². The fourth-order valence-corrected chi connectivity index (χ4v) is 2.12. The summed E-state index contributed by atoms with van der Waals surface area (Å²) in [6.07, 6.45) is 0.